The Labute approximate surface area is 136 Å². The number of carbonyl (C=O) groups is 1. The second-order valence-electron chi connectivity index (χ2n) is 8.04. The van der Waals surface area contributed by atoms with Crippen molar-refractivity contribution in [1.82, 2.24) is 4.98 Å². The van der Waals surface area contributed by atoms with Gasteiger partial charge >= 0.3 is 5.97 Å². The van der Waals surface area contributed by atoms with Crippen LogP contribution in [0.5, 0.6) is 0 Å². The van der Waals surface area contributed by atoms with Crippen molar-refractivity contribution in [1.29, 1.82) is 0 Å². The minimum absolute atomic E-state index is 0.0578. The van der Waals surface area contributed by atoms with E-state index >= 15 is 0 Å². The van der Waals surface area contributed by atoms with Crippen LogP contribution in [0.15, 0.2) is 24.5 Å². The zero-order chi connectivity index (χ0) is 17.0. The van der Waals surface area contributed by atoms with Crippen molar-refractivity contribution in [2.75, 3.05) is 0 Å². The molecule has 122 valence electrons. The van der Waals surface area contributed by atoms with Crippen molar-refractivity contribution in [2.45, 2.75) is 72.1 Å². The van der Waals surface area contributed by atoms with Crippen LogP contribution < -0.4 is 0 Å². The van der Waals surface area contributed by atoms with Gasteiger partial charge in [0.1, 0.15) is 12.9 Å². The van der Waals surface area contributed by atoms with Crippen LogP contribution in [0.1, 0.15) is 60.5 Å². The fourth-order valence-corrected chi connectivity index (χ4v) is 2.39. The molecule has 22 heavy (non-hydrogen) atoms. The first-order valence-corrected chi connectivity index (χ1v) is 8.14. The molecule has 0 fully saturated rings. The highest BCUT2D eigenvalue weighted by Crippen LogP contribution is 2.32. The van der Waals surface area contributed by atoms with Gasteiger partial charge in [0.25, 0.3) is 0 Å². The van der Waals surface area contributed by atoms with Gasteiger partial charge in [-0.15, -0.1) is 0 Å². The summed E-state index contributed by atoms with van der Waals surface area (Å²) in [6, 6.07) is 4.15. The van der Waals surface area contributed by atoms with Crippen LogP contribution in [0, 0.1) is 5.41 Å². The Morgan fingerprint density at radius 1 is 1.14 bits per heavy atom. The molecule has 4 heteroatoms. The lowest BCUT2D eigenvalue weighted by atomic mass is 9.44. The van der Waals surface area contributed by atoms with Gasteiger partial charge in [0.05, 0.1) is 5.41 Å². The lowest BCUT2D eigenvalue weighted by Crippen LogP contribution is -2.38. The molecule has 1 atom stereocenters. The highest BCUT2D eigenvalue weighted by Gasteiger charge is 2.36. The van der Waals surface area contributed by atoms with Gasteiger partial charge in [0.2, 0.25) is 0 Å². The molecule has 1 heterocycles. The summed E-state index contributed by atoms with van der Waals surface area (Å²) < 4.78 is 5.56. The summed E-state index contributed by atoms with van der Waals surface area (Å²) in [7, 11) is 0.944. The van der Waals surface area contributed by atoms with E-state index in [0.717, 1.165) is 20.0 Å². The van der Waals surface area contributed by atoms with E-state index in [4.69, 9.17) is 4.74 Å². The van der Waals surface area contributed by atoms with E-state index in [9.17, 15) is 4.79 Å². The van der Waals surface area contributed by atoms with Gasteiger partial charge in [-0.3, -0.25) is 9.78 Å². The lowest BCUT2D eigenvalue weighted by molar-refractivity contribution is -0.164. The third kappa shape index (κ3) is 5.15. The third-order valence-electron chi connectivity index (χ3n) is 4.41. The molecule has 0 bridgehead atoms. The molecule has 0 aromatic carbocycles. The first kappa shape index (κ1) is 18.7. The van der Waals surface area contributed by atoms with Crippen LogP contribution in [-0.4, -0.2) is 23.8 Å². The number of hydrogen-bond acceptors (Lipinski definition) is 3. The van der Waals surface area contributed by atoms with Gasteiger partial charge < -0.3 is 4.74 Å². The van der Waals surface area contributed by atoms with Crippen LogP contribution in [0.4, 0.5) is 0 Å². The Hall–Kier alpha value is -1.32. The van der Waals surface area contributed by atoms with E-state index in [1.54, 1.807) is 0 Å². The predicted octanol–water partition coefficient (Wildman–Crippen LogP) is 3.93. The molecule has 0 N–H and O–H groups in total. The zero-order valence-corrected chi connectivity index (χ0v) is 15.2. The van der Waals surface area contributed by atoms with Crippen LogP contribution in [0.2, 0.25) is 6.32 Å². The summed E-state index contributed by atoms with van der Waals surface area (Å²) in [5.74, 6) is -0.117. The minimum atomic E-state index is -0.475. The smallest absolute Gasteiger partial charge is 0.311 e. The van der Waals surface area contributed by atoms with E-state index in [1.807, 2.05) is 47.0 Å². The fourth-order valence-electron chi connectivity index (χ4n) is 2.39. The molecule has 1 aromatic heterocycles. The molecule has 0 aliphatic rings. The average molecular weight is 303 g/mol. The van der Waals surface area contributed by atoms with E-state index in [0.29, 0.717) is 0 Å². The fraction of sp³-hybridized carbons (Fsp3) is 0.667. The summed E-state index contributed by atoms with van der Waals surface area (Å²) in [4.78, 5) is 16.5. The van der Waals surface area contributed by atoms with Crippen LogP contribution in [-0.2, 0) is 14.8 Å². The van der Waals surface area contributed by atoms with Gasteiger partial charge in [0.15, 0.2) is 0 Å². The standard InChI is InChI=1S/C18H30BNO2/c1-8-18(7,14-9-11-20-12-10-14)19-13-17(5,6)15(21)22-16(2,3)4/h9-12,19H,8,13H2,1-7H3. The largest absolute Gasteiger partial charge is 0.460 e. The molecule has 0 saturated heterocycles. The third-order valence-corrected chi connectivity index (χ3v) is 4.41. The number of nitrogens with zero attached hydrogens (tertiary/aromatic N) is 1. The molecule has 3 nitrogen and oxygen atoms in total. The van der Waals surface area contributed by atoms with Crippen molar-refractivity contribution < 1.29 is 9.53 Å². The van der Waals surface area contributed by atoms with Gasteiger partial charge in [-0.25, -0.2) is 0 Å². The van der Waals surface area contributed by atoms with Crippen LogP contribution in [0.3, 0.4) is 0 Å². The van der Waals surface area contributed by atoms with Gasteiger partial charge in [-0.1, -0.05) is 40.4 Å². The molecule has 1 unspecified atom stereocenters. The first-order valence-electron chi connectivity index (χ1n) is 8.14. The van der Waals surface area contributed by atoms with Gasteiger partial charge in [-0.05, 0) is 43.8 Å². The van der Waals surface area contributed by atoms with E-state index in [2.05, 4.69) is 31.0 Å². The summed E-state index contributed by atoms with van der Waals surface area (Å²) in [6.45, 7) is 14.1. The maximum atomic E-state index is 12.4. The molecule has 0 saturated carbocycles. The molecular weight excluding hydrogens is 273 g/mol. The Bertz CT molecular complexity index is 494. The second-order valence-corrected chi connectivity index (χ2v) is 8.04. The Balaban J connectivity index is 2.79. The maximum Gasteiger partial charge on any atom is 0.311 e. The lowest BCUT2D eigenvalue weighted by Gasteiger charge is -2.33. The number of ether oxygens (including phenoxy) is 1. The number of carbonyl (C=O) groups excluding carboxylic acids is 1. The number of pyridine rings is 1. The van der Waals surface area contributed by atoms with Gasteiger partial charge in [0, 0.05) is 12.4 Å². The zero-order valence-electron chi connectivity index (χ0n) is 15.2. The normalized spacial score (nSPS) is 15.0. The molecule has 1 aromatic rings. The number of esters is 1. The Morgan fingerprint density at radius 2 is 1.68 bits per heavy atom. The Kier molecular flexibility index (Phi) is 5.83. The Morgan fingerprint density at radius 3 is 2.14 bits per heavy atom. The number of hydrogen-bond donors (Lipinski definition) is 0. The van der Waals surface area contributed by atoms with Gasteiger partial charge in [-0.2, -0.15) is 0 Å². The number of aromatic nitrogens is 1. The summed E-state index contributed by atoms with van der Waals surface area (Å²) in [5, 5.41) is 0.0578. The molecule has 0 radical (unpaired) electrons. The molecule has 0 amide bonds. The molecular formula is C18H30BNO2. The van der Waals surface area contributed by atoms with Crippen molar-refractivity contribution in [2.24, 2.45) is 5.41 Å². The summed E-state index contributed by atoms with van der Waals surface area (Å²) in [6.07, 6.45) is 5.50. The van der Waals surface area contributed by atoms with E-state index in [1.165, 1.54) is 5.56 Å². The van der Waals surface area contributed by atoms with E-state index in [-0.39, 0.29) is 11.3 Å². The first-order chi connectivity index (χ1) is 10.0. The van der Waals surface area contributed by atoms with Crippen molar-refractivity contribution in [3.63, 3.8) is 0 Å². The highest BCUT2D eigenvalue weighted by molar-refractivity contribution is 6.40. The molecule has 1 rings (SSSR count). The second kappa shape index (κ2) is 6.85. The topological polar surface area (TPSA) is 39.2 Å². The monoisotopic (exact) mass is 303 g/mol. The minimum Gasteiger partial charge on any atom is -0.460 e. The summed E-state index contributed by atoms with van der Waals surface area (Å²) >= 11 is 0. The highest BCUT2D eigenvalue weighted by atomic mass is 16.6. The average Bonchev–Trinajstić information content (AvgIpc) is 2.44. The number of rotatable bonds is 6. The quantitative estimate of drug-likeness (QED) is 0.590. The van der Waals surface area contributed by atoms with E-state index < -0.39 is 11.0 Å². The maximum absolute atomic E-state index is 12.4. The molecule has 0 spiro atoms. The molecule has 0 aliphatic heterocycles. The van der Waals surface area contributed by atoms with Crippen LogP contribution >= 0.6 is 0 Å². The summed E-state index contributed by atoms with van der Waals surface area (Å²) in [5.41, 5.74) is 0.370. The predicted molar refractivity (Wildman–Crippen MR) is 93.5 cm³/mol. The SMILES string of the molecule is CCC(C)(BCC(C)(C)C(=O)OC(C)(C)C)c1ccncc1. The van der Waals surface area contributed by atoms with Crippen molar-refractivity contribution >= 4 is 13.2 Å². The van der Waals surface area contributed by atoms with Crippen LogP contribution in [0.25, 0.3) is 0 Å². The molecule has 0 aliphatic carbocycles. The van der Waals surface area contributed by atoms with Crippen molar-refractivity contribution in [3.05, 3.63) is 30.1 Å². The van der Waals surface area contributed by atoms with Crippen molar-refractivity contribution in [3.8, 4) is 0 Å².